The topological polar surface area (TPSA) is 102 Å². The van der Waals surface area contributed by atoms with Gasteiger partial charge in [0, 0.05) is 36.6 Å². The van der Waals surface area contributed by atoms with Gasteiger partial charge in [-0.1, -0.05) is 0 Å². The highest BCUT2D eigenvalue weighted by Gasteiger charge is 2.53. The molecule has 3 heterocycles. The Bertz CT molecular complexity index is 901. The van der Waals surface area contributed by atoms with E-state index in [0.29, 0.717) is 17.6 Å². The summed E-state index contributed by atoms with van der Waals surface area (Å²) in [5, 5.41) is 6.96. The highest BCUT2D eigenvalue weighted by Crippen LogP contribution is 2.46. The summed E-state index contributed by atoms with van der Waals surface area (Å²) in [4.78, 5) is 34.4. The van der Waals surface area contributed by atoms with Gasteiger partial charge in [0.2, 0.25) is 11.9 Å². The van der Waals surface area contributed by atoms with Gasteiger partial charge in [0.15, 0.2) is 0 Å². The lowest BCUT2D eigenvalue weighted by molar-refractivity contribution is -0.118. The van der Waals surface area contributed by atoms with E-state index in [9.17, 15) is 9.59 Å². The molecule has 1 saturated carbocycles. The Morgan fingerprint density at radius 3 is 2.61 bits per heavy atom. The van der Waals surface area contributed by atoms with Gasteiger partial charge < -0.3 is 4.74 Å². The van der Waals surface area contributed by atoms with Crippen LogP contribution in [0.15, 0.2) is 24.8 Å². The summed E-state index contributed by atoms with van der Waals surface area (Å²) >= 11 is 0. The maximum atomic E-state index is 12.2. The monoisotopic (exact) mass is 384 g/mol. The Kier molecular flexibility index (Phi) is 4.32. The molecule has 1 aliphatic carbocycles. The maximum Gasteiger partial charge on any atom is 0.412 e. The molecule has 9 heteroatoms. The van der Waals surface area contributed by atoms with Gasteiger partial charge in [-0.25, -0.2) is 14.8 Å². The molecule has 0 unspecified atom stereocenters. The molecule has 4 rings (SSSR count). The molecule has 2 aliphatic rings. The van der Waals surface area contributed by atoms with E-state index < -0.39 is 11.7 Å². The van der Waals surface area contributed by atoms with Gasteiger partial charge in [0.25, 0.3) is 0 Å². The molecule has 0 bridgehead atoms. The molecular weight excluding hydrogens is 360 g/mol. The largest absolute Gasteiger partial charge is 0.444 e. The van der Waals surface area contributed by atoms with Gasteiger partial charge in [-0.3, -0.25) is 19.7 Å². The molecule has 0 radical (unpaired) electrons. The van der Waals surface area contributed by atoms with E-state index in [0.717, 1.165) is 18.5 Å². The number of rotatable bonds is 4. The predicted molar refractivity (Wildman–Crippen MR) is 102 cm³/mol. The van der Waals surface area contributed by atoms with Crippen LogP contribution in [0, 0.1) is 11.8 Å². The van der Waals surface area contributed by atoms with Gasteiger partial charge in [0.05, 0.1) is 17.9 Å². The molecule has 3 atom stereocenters. The van der Waals surface area contributed by atoms with Crippen LogP contribution >= 0.6 is 0 Å². The summed E-state index contributed by atoms with van der Waals surface area (Å²) in [7, 11) is 0. The third kappa shape index (κ3) is 3.69. The molecule has 2 fully saturated rings. The lowest BCUT2D eigenvalue weighted by Crippen LogP contribution is -2.29. The summed E-state index contributed by atoms with van der Waals surface area (Å²) in [5.74, 6) is 1.26. The molecule has 0 spiro atoms. The number of carbonyl (C=O) groups is 2. The molecule has 1 aliphatic heterocycles. The normalized spacial score (nSPS) is 22.0. The molecule has 9 nitrogen and oxygen atoms in total. The first kappa shape index (κ1) is 18.4. The highest BCUT2D eigenvalue weighted by atomic mass is 16.6. The molecular formula is C19H24N6O3. The van der Waals surface area contributed by atoms with Gasteiger partial charge in [-0.05, 0) is 40.0 Å². The number of nitrogens with one attached hydrogen (secondary N) is 1. The molecule has 2 amide bonds. The zero-order valence-corrected chi connectivity index (χ0v) is 16.4. The van der Waals surface area contributed by atoms with E-state index in [2.05, 4.69) is 20.4 Å². The third-order valence-electron chi connectivity index (χ3n) is 4.95. The first-order valence-electron chi connectivity index (χ1n) is 9.39. The summed E-state index contributed by atoms with van der Waals surface area (Å²) in [5.41, 5.74) is 0.831. The minimum Gasteiger partial charge on any atom is -0.444 e. The number of carbonyl (C=O) groups excluding carboxylic acids is 2. The third-order valence-corrected chi connectivity index (χ3v) is 4.95. The van der Waals surface area contributed by atoms with Crippen LogP contribution in [0.2, 0.25) is 0 Å². The van der Waals surface area contributed by atoms with Crippen LogP contribution in [-0.4, -0.2) is 43.9 Å². The quantitative estimate of drug-likeness (QED) is 0.869. The van der Waals surface area contributed by atoms with Crippen molar-refractivity contribution in [1.82, 2.24) is 19.7 Å². The van der Waals surface area contributed by atoms with Crippen molar-refractivity contribution in [2.24, 2.45) is 11.8 Å². The van der Waals surface area contributed by atoms with Gasteiger partial charge in [-0.15, -0.1) is 0 Å². The van der Waals surface area contributed by atoms with Crippen LogP contribution in [0.3, 0.4) is 0 Å². The number of anilines is 2. The van der Waals surface area contributed by atoms with Crippen molar-refractivity contribution in [3.05, 3.63) is 30.4 Å². The first-order chi connectivity index (χ1) is 13.2. The van der Waals surface area contributed by atoms with Crippen molar-refractivity contribution >= 4 is 23.6 Å². The fourth-order valence-corrected chi connectivity index (χ4v) is 3.33. The number of fused-ring (bicyclic) bond motifs is 1. The number of hydrogen-bond donors (Lipinski definition) is 1. The second-order valence-corrected chi connectivity index (χ2v) is 8.38. The van der Waals surface area contributed by atoms with E-state index in [1.54, 1.807) is 55.1 Å². The van der Waals surface area contributed by atoms with E-state index >= 15 is 0 Å². The lowest BCUT2D eigenvalue weighted by Gasteiger charge is -2.19. The first-order valence-corrected chi connectivity index (χ1v) is 9.39. The Balaban J connectivity index is 1.40. The fourth-order valence-electron chi connectivity index (χ4n) is 3.33. The Morgan fingerprint density at radius 2 is 2.00 bits per heavy atom. The molecule has 148 valence electrons. The van der Waals surface area contributed by atoms with Crippen molar-refractivity contribution in [1.29, 1.82) is 0 Å². The van der Waals surface area contributed by atoms with Crippen molar-refractivity contribution in [3.8, 4) is 0 Å². The number of nitrogens with zero attached hydrogens (tertiary/aromatic N) is 5. The van der Waals surface area contributed by atoms with Crippen molar-refractivity contribution in [2.75, 3.05) is 16.8 Å². The van der Waals surface area contributed by atoms with Crippen LogP contribution in [0.4, 0.5) is 16.4 Å². The molecule has 0 aromatic carbocycles. The SMILES string of the molecule is C[C@@H](c1cnc(N2C[C@H]3C[C@H]3C2=O)nc1)n1cc(NC(=O)OC(C)(C)C)cn1. The Morgan fingerprint density at radius 1 is 1.29 bits per heavy atom. The number of aromatic nitrogens is 4. The van der Waals surface area contributed by atoms with E-state index in [4.69, 9.17) is 4.74 Å². The molecule has 28 heavy (non-hydrogen) atoms. The summed E-state index contributed by atoms with van der Waals surface area (Å²) in [6, 6.07) is -0.133. The second-order valence-electron chi connectivity index (χ2n) is 8.38. The summed E-state index contributed by atoms with van der Waals surface area (Å²) in [6.07, 6.45) is 7.19. The Hall–Kier alpha value is -2.97. The summed E-state index contributed by atoms with van der Waals surface area (Å²) in [6.45, 7) is 8.09. The zero-order valence-electron chi connectivity index (χ0n) is 16.4. The van der Waals surface area contributed by atoms with Crippen LogP contribution in [0.5, 0.6) is 0 Å². The lowest BCUT2D eigenvalue weighted by atomic mass is 10.2. The molecule has 2 aromatic rings. The predicted octanol–water partition coefficient (Wildman–Crippen LogP) is 2.61. The Labute approximate surface area is 163 Å². The minimum absolute atomic E-state index is 0.133. The van der Waals surface area contributed by atoms with Gasteiger partial charge in [-0.2, -0.15) is 5.10 Å². The number of amides is 2. The van der Waals surface area contributed by atoms with Crippen LogP contribution < -0.4 is 10.2 Å². The van der Waals surface area contributed by atoms with E-state index in [1.807, 2.05) is 6.92 Å². The van der Waals surface area contributed by atoms with Gasteiger partial charge in [0.1, 0.15) is 5.60 Å². The van der Waals surface area contributed by atoms with Crippen molar-refractivity contribution in [3.63, 3.8) is 0 Å². The number of piperidine rings is 1. The van der Waals surface area contributed by atoms with E-state index in [-0.39, 0.29) is 17.9 Å². The minimum atomic E-state index is -0.566. The molecule has 2 aromatic heterocycles. The van der Waals surface area contributed by atoms with Crippen molar-refractivity contribution in [2.45, 2.75) is 45.8 Å². The zero-order chi connectivity index (χ0) is 20.1. The van der Waals surface area contributed by atoms with Crippen molar-refractivity contribution < 1.29 is 14.3 Å². The smallest absolute Gasteiger partial charge is 0.412 e. The highest BCUT2D eigenvalue weighted by molar-refractivity contribution is 5.98. The molecule has 1 saturated heterocycles. The number of ether oxygens (including phenoxy) is 1. The van der Waals surface area contributed by atoms with Gasteiger partial charge >= 0.3 is 6.09 Å². The molecule has 1 N–H and O–H groups in total. The van der Waals surface area contributed by atoms with Crippen LogP contribution in [0.1, 0.15) is 45.7 Å². The average molecular weight is 384 g/mol. The standard InChI is InChI=1S/C19H24N6O3/c1-11(25-10-14(8-22-25)23-18(27)28-19(2,3)4)13-6-20-17(21-7-13)24-9-12-5-15(12)16(24)26/h6-8,10-12,15H,5,9H2,1-4H3,(H,23,27)/t11-,12+,15+/m0/s1. The van der Waals surface area contributed by atoms with Crippen LogP contribution in [0.25, 0.3) is 0 Å². The number of hydrogen-bond acceptors (Lipinski definition) is 6. The average Bonchev–Trinajstić information content (AvgIpc) is 3.12. The summed E-state index contributed by atoms with van der Waals surface area (Å²) < 4.78 is 6.95. The fraction of sp³-hybridized carbons (Fsp3) is 0.526. The maximum absolute atomic E-state index is 12.2. The van der Waals surface area contributed by atoms with Crippen LogP contribution in [-0.2, 0) is 9.53 Å². The van der Waals surface area contributed by atoms with E-state index in [1.165, 1.54) is 0 Å². The second kappa shape index (κ2) is 6.57.